The van der Waals surface area contributed by atoms with Crippen LogP contribution in [0, 0.1) is 6.92 Å². The molecule has 0 aliphatic heterocycles. The minimum atomic E-state index is 0.202. The molecule has 0 N–H and O–H groups in total. The summed E-state index contributed by atoms with van der Waals surface area (Å²) in [5.41, 5.74) is 5.16. The summed E-state index contributed by atoms with van der Waals surface area (Å²) in [5, 5.41) is 0. The van der Waals surface area contributed by atoms with Gasteiger partial charge in [-0.2, -0.15) is 0 Å². The van der Waals surface area contributed by atoms with Crippen molar-refractivity contribution in [1.29, 1.82) is 0 Å². The van der Waals surface area contributed by atoms with E-state index in [1.807, 2.05) is 13.8 Å². The van der Waals surface area contributed by atoms with Crippen LogP contribution in [0.4, 0.5) is 5.69 Å². The molecule has 22 heavy (non-hydrogen) atoms. The first-order valence-corrected chi connectivity index (χ1v) is 8.75. The molecule has 0 aromatic carbocycles. The molecule has 1 aliphatic rings. The molecule has 0 radical (unpaired) electrons. The summed E-state index contributed by atoms with van der Waals surface area (Å²) in [6, 6.07) is 2.17. The Morgan fingerprint density at radius 1 is 1.18 bits per heavy atom. The summed E-state index contributed by atoms with van der Waals surface area (Å²) in [6.45, 7) is 6.20. The van der Waals surface area contributed by atoms with E-state index in [1.165, 1.54) is 24.1 Å². The van der Waals surface area contributed by atoms with E-state index in [0.29, 0.717) is 6.42 Å². The molecule has 1 heterocycles. The van der Waals surface area contributed by atoms with Gasteiger partial charge in [0.2, 0.25) is 0 Å². The summed E-state index contributed by atoms with van der Waals surface area (Å²) in [4.78, 5) is 21.8. The van der Waals surface area contributed by atoms with Crippen molar-refractivity contribution in [3.05, 3.63) is 23.0 Å². The number of aromatic nitrogens is 1. The molecule has 1 aromatic heterocycles. The molecule has 0 atom stereocenters. The predicted molar refractivity (Wildman–Crippen MR) is 92.2 cm³/mol. The molecule has 0 saturated carbocycles. The van der Waals surface area contributed by atoms with E-state index in [4.69, 9.17) is 9.98 Å². The summed E-state index contributed by atoms with van der Waals surface area (Å²) in [5.74, 6) is 0.202. The average molecular weight is 300 g/mol. The lowest BCUT2D eigenvalue weighted by atomic mass is 9.95. The van der Waals surface area contributed by atoms with Crippen molar-refractivity contribution in [1.82, 2.24) is 4.98 Å². The minimum Gasteiger partial charge on any atom is -0.293 e. The third-order valence-corrected chi connectivity index (χ3v) is 4.29. The van der Waals surface area contributed by atoms with E-state index >= 15 is 0 Å². The Labute approximate surface area is 134 Å². The maximum absolute atomic E-state index is 12.3. The predicted octanol–water partition coefficient (Wildman–Crippen LogP) is 4.90. The molecule has 120 valence electrons. The number of ketones is 1. The van der Waals surface area contributed by atoms with Crippen LogP contribution in [0.15, 0.2) is 11.1 Å². The van der Waals surface area contributed by atoms with Crippen molar-refractivity contribution in [2.75, 3.05) is 0 Å². The van der Waals surface area contributed by atoms with Gasteiger partial charge in [-0.05, 0) is 63.5 Å². The Morgan fingerprint density at radius 3 is 2.68 bits per heavy atom. The molecule has 2 rings (SSSR count). The molecular formula is C19H28N2O. The van der Waals surface area contributed by atoms with Gasteiger partial charge in [-0.15, -0.1) is 0 Å². The van der Waals surface area contributed by atoms with E-state index in [2.05, 4.69) is 13.0 Å². The van der Waals surface area contributed by atoms with Gasteiger partial charge >= 0.3 is 0 Å². The fourth-order valence-corrected chi connectivity index (χ4v) is 2.96. The number of fused-ring (bicyclic) bond motifs is 1. The first-order chi connectivity index (χ1) is 10.7. The van der Waals surface area contributed by atoms with E-state index in [0.717, 1.165) is 55.6 Å². The molecule has 0 amide bonds. The highest BCUT2D eigenvalue weighted by atomic mass is 16.1. The van der Waals surface area contributed by atoms with Crippen molar-refractivity contribution in [3.63, 3.8) is 0 Å². The van der Waals surface area contributed by atoms with E-state index < -0.39 is 0 Å². The maximum Gasteiger partial charge on any atom is 0.177 e. The van der Waals surface area contributed by atoms with Crippen LogP contribution < -0.4 is 0 Å². The average Bonchev–Trinajstić information content (AvgIpc) is 2.52. The number of aliphatic imine (C=N–C) groups is 1. The van der Waals surface area contributed by atoms with Crippen LogP contribution in [0.5, 0.6) is 0 Å². The van der Waals surface area contributed by atoms with Crippen molar-refractivity contribution in [3.8, 4) is 0 Å². The second-order valence-corrected chi connectivity index (χ2v) is 6.24. The first kappa shape index (κ1) is 16.9. The summed E-state index contributed by atoms with van der Waals surface area (Å²) in [6.07, 6.45) is 9.01. The molecule has 3 heteroatoms. The molecule has 0 fully saturated rings. The number of Topliss-reactive ketones (excluding diaryl/α,β-unsaturated/α-hetero) is 1. The van der Waals surface area contributed by atoms with Crippen LogP contribution in [-0.2, 0) is 17.6 Å². The second kappa shape index (κ2) is 8.21. The van der Waals surface area contributed by atoms with Gasteiger partial charge in [-0.1, -0.05) is 20.3 Å². The summed E-state index contributed by atoms with van der Waals surface area (Å²) < 4.78 is 0. The lowest BCUT2D eigenvalue weighted by molar-refractivity contribution is -0.113. The monoisotopic (exact) mass is 300 g/mol. The molecule has 1 aromatic rings. The maximum atomic E-state index is 12.3. The molecule has 0 unspecified atom stereocenters. The van der Waals surface area contributed by atoms with Crippen LogP contribution in [0.1, 0.15) is 75.7 Å². The Morgan fingerprint density at radius 2 is 1.95 bits per heavy atom. The van der Waals surface area contributed by atoms with Crippen LogP contribution in [0.25, 0.3) is 0 Å². The number of nitrogens with zero attached hydrogens (tertiary/aromatic N) is 2. The van der Waals surface area contributed by atoms with Crippen LogP contribution >= 0.6 is 0 Å². The van der Waals surface area contributed by atoms with Gasteiger partial charge < -0.3 is 0 Å². The molecule has 0 bridgehead atoms. The molecule has 1 aliphatic carbocycles. The number of rotatable bonds is 7. The molecule has 3 nitrogen and oxygen atoms in total. The van der Waals surface area contributed by atoms with E-state index in [-0.39, 0.29) is 5.78 Å². The second-order valence-electron chi connectivity index (χ2n) is 6.24. The number of carbonyl (C=O) groups is 1. The van der Waals surface area contributed by atoms with Gasteiger partial charge in [0.25, 0.3) is 0 Å². The number of carbonyl (C=O) groups excluding carboxylic acids is 1. The van der Waals surface area contributed by atoms with Crippen molar-refractivity contribution in [2.24, 2.45) is 4.99 Å². The zero-order chi connectivity index (χ0) is 15.9. The van der Waals surface area contributed by atoms with Gasteiger partial charge in [0.1, 0.15) is 0 Å². The molecular weight excluding hydrogens is 272 g/mol. The molecule has 0 spiro atoms. The quantitative estimate of drug-likeness (QED) is 0.672. The fraction of sp³-hybridized carbons (Fsp3) is 0.632. The summed E-state index contributed by atoms with van der Waals surface area (Å²) >= 11 is 0. The fourth-order valence-electron chi connectivity index (χ4n) is 2.96. The largest absolute Gasteiger partial charge is 0.293 e. The number of hydrogen-bond acceptors (Lipinski definition) is 3. The SMILES string of the molecule is CCCCC(=Nc1cc2c(nc1C)CCCC2)C(=O)CCC. The highest BCUT2D eigenvalue weighted by Gasteiger charge is 2.15. The number of unbranched alkanes of at least 4 members (excludes halogenated alkanes) is 1. The Kier molecular flexibility index (Phi) is 6.29. The highest BCUT2D eigenvalue weighted by molar-refractivity contribution is 6.40. The standard InChI is InChI=1S/C19H28N2O/c1-4-6-11-17(19(22)9-5-2)21-18-13-15-10-7-8-12-16(15)20-14(18)3/h13H,4-12H2,1-3H3. The highest BCUT2D eigenvalue weighted by Crippen LogP contribution is 2.27. The van der Waals surface area contributed by atoms with Gasteiger partial charge in [-0.25, -0.2) is 4.99 Å². The number of aryl methyl sites for hydroxylation is 3. The Bertz CT molecular complexity index is 561. The van der Waals surface area contributed by atoms with Gasteiger partial charge in [-0.3, -0.25) is 9.78 Å². The minimum absolute atomic E-state index is 0.202. The Hall–Kier alpha value is -1.51. The van der Waals surface area contributed by atoms with Crippen LogP contribution in [0.2, 0.25) is 0 Å². The topological polar surface area (TPSA) is 42.3 Å². The van der Waals surface area contributed by atoms with Gasteiger partial charge in [0.05, 0.1) is 17.1 Å². The zero-order valence-electron chi connectivity index (χ0n) is 14.2. The van der Waals surface area contributed by atoms with Gasteiger partial charge in [0, 0.05) is 12.1 Å². The zero-order valence-corrected chi connectivity index (χ0v) is 14.2. The van der Waals surface area contributed by atoms with Crippen molar-refractivity contribution in [2.45, 2.75) is 78.6 Å². The van der Waals surface area contributed by atoms with Crippen LogP contribution in [-0.4, -0.2) is 16.5 Å². The van der Waals surface area contributed by atoms with Crippen molar-refractivity contribution < 1.29 is 4.79 Å². The lowest BCUT2D eigenvalue weighted by Gasteiger charge is -2.16. The van der Waals surface area contributed by atoms with Crippen LogP contribution in [0.3, 0.4) is 0 Å². The van der Waals surface area contributed by atoms with Gasteiger partial charge in [0.15, 0.2) is 5.78 Å². The third kappa shape index (κ3) is 4.25. The number of pyridine rings is 1. The third-order valence-electron chi connectivity index (χ3n) is 4.29. The van der Waals surface area contributed by atoms with E-state index in [1.54, 1.807) is 0 Å². The van der Waals surface area contributed by atoms with E-state index in [9.17, 15) is 4.79 Å². The van der Waals surface area contributed by atoms with Crippen molar-refractivity contribution >= 4 is 17.2 Å². The molecule has 0 saturated heterocycles. The first-order valence-electron chi connectivity index (χ1n) is 8.75. The Balaban J connectivity index is 2.31. The normalized spacial score (nSPS) is 14.8. The number of hydrogen-bond donors (Lipinski definition) is 0. The summed E-state index contributed by atoms with van der Waals surface area (Å²) in [7, 11) is 0. The lowest BCUT2D eigenvalue weighted by Crippen LogP contribution is -2.14. The smallest absolute Gasteiger partial charge is 0.177 e.